The fourth-order valence-corrected chi connectivity index (χ4v) is 3.78. The molecule has 0 bridgehead atoms. The lowest BCUT2D eigenvalue weighted by Gasteiger charge is -2.14. The first-order valence-corrected chi connectivity index (χ1v) is 12.4. The summed E-state index contributed by atoms with van der Waals surface area (Å²) in [5.41, 5.74) is 1.11. The number of hydrogen-bond acceptors (Lipinski definition) is 1. The second kappa shape index (κ2) is 21.4. The molecule has 0 aliphatic carbocycles. The van der Waals surface area contributed by atoms with Gasteiger partial charge in [-0.2, -0.15) is 0 Å². The van der Waals surface area contributed by atoms with E-state index in [2.05, 4.69) is 25.4 Å². The molecule has 0 aromatic heterocycles. The number of carbonyl (C=O) groups excluding carboxylic acids is 1. The Kier molecular flexibility index (Phi) is 20.4. The van der Waals surface area contributed by atoms with Crippen molar-refractivity contribution in [3.05, 3.63) is 37.0 Å². The highest BCUT2D eigenvalue weighted by molar-refractivity contribution is 5.76. The molecule has 0 aromatic carbocycles. The van der Waals surface area contributed by atoms with Gasteiger partial charge < -0.3 is 5.32 Å². The molecular formula is C27H49NO. The van der Waals surface area contributed by atoms with Gasteiger partial charge in [-0.25, -0.2) is 0 Å². The van der Waals surface area contributed by atoms with Gasteiger partial charge >= 0.3 is 0 Å². The molecule has 2 nitrogen and oxygen atoms in total. The Balaban J connectivity index is 3.41. The van der Waals surface area contributed by atoms with Crippen LogP contribution < -0.4 is 5.32 Å². The standard InChI is InChI=1S/C27H49NO/c1-5-8-9-10-11-12-13-14-15-16-17-18-19-20-21-23-27(29)28-25(4)24-26(7-3)22-6-2/h6-7,22,25H,2-3,5,8-21,23-24H2,1,4H3,(H,28,29)/b26-22+. The van der Waals surface area contributed by atoms with Crippen LogP contribution in [0.15, 0.2) is 37.0 Å². The van der Waals surface area contributed by atoms with E-state index in [-0.39, 0.29) is 11.9 Å². The number of hydrogen-bond donors (Lipinski definition) is 1. The van der Waals surface area contributed by atoms with E-state index in [1.807, 2.05) is 19.1 Å². The van der Waals surface area contributed by atoms with Crippen LogP contribution in [-0.2, 0) is 4.79 Å². The maximum Gasteiger partial charge on any atom is 0.220 e. The monoisotopic (exact) mass is 403 g/mol. The van der Waals surface area contributed by atoms with Crippen molar-refractivity contribution in [2.75, 3.05) is 0 Å². The summed E-state index contributed by atoms with van der Waals surface area (Å²) < 4.78 is 0. The molecule has 0 saturated carbocycles. The molecule has 0 aliphatic rings. The Bertz CT molecular complexity index is 438. The molecule has 0 saturated heterocycles. The van der Waals surface area contributed by atoms with E-state index in [0.717, 1.165) is 18.4 Å². The highest BCUT2D eigenvalue weighted by Gasteiger charge is 2.08. The van der Waals surface area contributed by atoms with Gasteiger partial charge in [0, 0.05) is 12.5 Å². The second-order valence-corrected chi connectivity index (χ2v) is 8.55. The fraction of sp³-hybridized carbons (Fsp3) is 0.741. The van der Waals surface area contributed by atoms with Crippen LogP contribution in [0.4, 0.5) is 0 Å². The zero-order valence-corrected chi connectivity index (χ0v) is 19.7. The third-order valence-electron chi connectivity index (χ3n) is 5.55. The predicted octanol–water partition coefficient (Wildman–Crippen LogP) is 8.44. The first-order valence-electron chi connectivity index (χ1n) is 12.4. The highest BCUT2D eigenvalue weighted by Crippen LogP contribution is 2.14. The van der Waals surface area contributed by atoms with Crippen molar-refractivity contribution >= 4 is 5.91 Å². The van der Waals surface area contributed by atoms with Gasteiger partial charge in [0.25, 0.3) is 0 Å². The predicted molar refractivity (Wildman–Crippen MR) is 130 cm³/mol. The second-order valence-electron chi connectivity index (χ2n) is 8.55. The Morgan fingerprint density at radius 3 is 1.66 bits per heavy atom. The lowest BCUT2D eigenvalue weighted by Crippen LogP contribution is -2.32. The molecule has 0 fully saturated rings. The molecule has 1 N–H and O–H groups in total. The van der Waals surface area contributed by atoms with Crippen LogP contribution in [-0.4, -0.2) is 11.9 Å². The normalized spacial score (nSPS) is 12.6. The molecule has 29 heavy (non-hydrogen) atoms. The van der Waals surface area contributed by atoms with Crippen molar-refractivity contribution in [1.29, 1.82) is 0 Å². The number of rotatable bonds is 21. The Morgan fingerprint density at radius 2 is 1.24 bits per heavy atom. The van der Waals surface area contributed by atoms with E-state index < -0.39 is 0 Å². The number of amides is 1. The van der Waals surface area contributed by atoms with Crippen molar-refractivity contribution in [1.82, 2.24) is 5.32 Å². The minimum Gasteiger partial charge on any atom is -0.353 e. The molecule has 2 heteroatoms. The molecular weight excluding hydrogens is 354 g/mol. The van der Waals surface area contributed by atoms with Crippen LogP contribution in [0, 0.1) is 0 Å². The highest BCUT2D eigenvalue weighted by atomic mass is 16.1. The van der Waals surface area contributed by atoms with Gasteiger partial charge in [0.2, 0.25) is 5.91 Å². The minimum atomic E-state index is 0.142. The molecule has 0 rings (SSSR count). The number of allylic oxidation sites excluding steroid dienone is 3. The molecule has 1 amide bonds. The lowest BCUT2D eigenvalue weighted by atomic mass is 10.0. The number of nitrogens with one attached hydrogen (secondary N) is 1. The molecule has 0 heterocycles. The minimum absolute atomic E-state index is 0.142. The third kappa shape index (κ3) is 19.8. The molecule has 0 radical (unpaired) electrons. The summed E-state index contributed by atoms with van der Waals surface area (Å²) in [7, 11) is 0. The zero-order chi connectivity index (χ0) is 21.6. The van der Waals surface area contributed by atoms with E-state index in [1.165, 1.54) is 89.9 Å². The zero-order valence-electron chi connectivity index (χ0n) is 19.7. The van der Waals surface area contributed by atoms with Crippen LogP contribution >= 0.6 is 0 Å². The largest absolute Gasteiger partial charge is 0.353 e. The van der Waals surface area contributed by atoms with Crippen molar-refractivity contribution in [2.45, 2.75) is 129 Å². The fourth-order valence-electron chi connectivity index (χ4n) is 3.78. The van der Waals surface area contributed by atoms with Crippen molar-refractivity contribution < 1.29 is 4.79 Å². The van der Waals surface area contributed by atoms with Crippen molar-refractivity contribution in [3.8, 4) is 0 Å². The molecule has 0 aromatic rings. The molecule has 0 spiro atoms. The molecule has 168 valence electrons. The molecule has 1 unspecified atom stereocenters. The van der Waals surface area contributed by atoms with Gasteiger partial charge in [0.1, 0.15) is 0 Å². The first kappa shape index (κ1) is 27.7. The average Bonchev–Trinajstić information content (AvgIpc) is 2.70. The maximum absolute atomic E-state index is 12.0. The van der Waals surface area contributed by atoms with Crippen LogP contribution in [0.2, 0.25) is 0 Å². The number of unbranched alkanes of at least 4 members (excludes halogenated alkanes) is 14. The van der Waals surface area contributed by atoms with E-state index >= 15 is 0 Å². The Labute approximate surface area is 182 Å². The maximum atomic E-state index is 12.0. The summed E-state index contributed by atoms with van der Waals surface area (Å²) in [5, 5.41) is 3.09. The Hall–Kier alpha value is -1.31. The topological polar surface area (TPSA) is 29.1 Å². The van der Waals surface area contributed by atoms with Crippen LogP contribution in [0.5, 0.6) is 0 Å². The van der Waals surface area contributed by atoms with Crippen LogP contribution in [0.25, 0.3) is 0 Å². The van der Waals surface area contributed by atoms with Crippen molar-refractivity contribution in [3.63, 3.8) is 0 Å². The van der Waals surface area contributed by atoms with E-state index in [0.29, 0.717) is 6.42 Å². The van der Waals surface area contributed by atoms with Crippen LogP contribution in [0.1, 0.15) is 123 Å². The first-order chi connectivity index (χ1) is 14.1. The van der Waals surface area contributed by atoms with Gasteiger partial charge in [0.15, 0.2) is 0 Å². The summed E-state index contributed by atoms with van der Waals surface area (Å²) in [6.07, 6.45) is 27.3. The average molecular weight is 404 g/mol. The van der Waals surface area contributed by atoms with Gasteiger partial charge in [0.05, 0.1) is 0 Å². The SMILES string of the molecule is C=C/C=C(\C=C)CC(C)NC(=O)CCCCCCCCCCCCCCCCC. The third-order valence-corrected chi connectivity index (χ3v) is 5.55. The van der Waals surface area contributed by atoms with E-state index in [4.69, 9.17) is 0 Å². The smallest absolute Gasteiger partial charge is 0.220 e. The van der Waals surface area contributed by atoms with Gasteiger partial charge in [-0.05, 0) is 25.3 Å². The van der Waals surface area contributed by atoms with Crippen molar-refractivity contribution in [2.24, 2.45) is 0 Å². The lowest BCUT2D eigenvalue weighted by molar-refractivity contribution is -0.121. The van der Waals surface area contributed by atoms with E-state index in [1.54, 1.807) is 6.08 Å². The summed E-state index contributed by atoms with van der Waals surface area (Å²) >= 11 is 0. The number of carbonyl (C=O) groups is 1. The summed E-state index contributed by atoms with van der Waals surface area (Å²) in [6.45, 7) is 11.8. The summed E-state index contributed by atoms with van der Waals surface area (Å²) in [5.74, 6) is 0.175. The summed E-state index contributed by atoms with van der Waals surface area (Å²) in [6, 6.07) is 0.142. The molecule has 0 aliphatic heterocycles. The quantitative estimate of drug-likeness (QED) is 0.151. The van der Waals surface area contributed by atoms with Crippen LogP contribution in [0.3, 0.4) is 0 Å². The molecule has 1 atom stereocenters. The Morgan fingerprint density at radius 1 is 0.793 bits per heavy atom. The van der Waals surface area contributed by atoms with Gasteiger partial charge in [-0.3, -0.25) is 4.79 Å². The van der Waals surface area contributed by atoms with E-state index in [9.17, 15) is 4.79 Å². The summed E-state index contributed by atoms with van der Waals surface area (Å²) in [4.78, 5) is 12.0. The van der Waals surface area contributed by atoms with Gasteiger partial charge in [-0.15, -0.1) is 0 Å². The van der Waals surface area contributed by atoms with Gasteiger partial charge in [-0.1, -0.05) is 128 Å².